The minimum absolute atomic E-state index is 0.0457. The molecule has 0 atom stereocenters. The van der Waals surface area contributed by atoms with Crippen LogP contribution in [0.2, 0.25) is 0 Å². The Kier molecular flexibility index (Phi) is 8.55. The number of hydrogen-bond donors (Lipinski definition) is 1. The van der Waals surface area contributed by atoms with Gasteiger partial charge in [-0.05, 0) is 94.6 Å². The summed E-state index contributed by atoms with van der Waals surface area (Å²) < 4.78 is 18.1. The number of aromatic nitrogens is 2. The summed E-state index contributed by atoms with van der Waals surface area (Å²) >= 11 is 0. The molecule has 1 aliphatic heterocycles. The Morgan fingerprint density at radius 2 is 1.61 bits per heavy atom. The second-order valence-electron chi connectivity index (χ2n) is 10.2. The van der Waals surface area contributed by atoms with E-state index in [-0.39, 0.29) is 5.91 Å². The summed E-state index contributed by atoms with van der Waals surface area (Å²) in [6.45, 7) is 7.60. The van der Waals surface area contributed by atoms with Crippen LogP contribution in [0.1, 0.15) is 50.5 Å². The van der Waals surface area contributed by atoms with Crippen LogP contribution in [0.5, 0.6) is 11.5 Å². The molecule has 0 bridgehead atoms. The monoisotopic (exact) mass is 520 g/mol. The van der Waals surface area contributed by atoms with Gasteiger partial charge in [0.05, 0.1) is 25.0 Å². The van der Waals surface area contributed by atoms with Crippen molar-refractivity contribution in [2.75, 3.05) is 33.4 Å². The van der Waals surface area contributed by atoms with Crippen molar-refractivity contribution >= 4 is 12.0 Å². The predicted molar refractivity (Wildman–Crippen MR) is 145 cm³/mol. The molecule has 2 aromatic carbocycles. The summed E-state index contributed by atoms with van der Waals surface area (Å²) in [4.78, 5) is 26.9. The van der Waals surface area contributed by atoms with Crippen LogP contribution < -0.4 is 14.8 Å². The first kappa shape index (κ1) is 27.0. The van der Waals surface area contributed by atoms with Crippen LogP contribution in [-0.2, 0) is 4.74 Å². The molecule has 0 aliphatic carbocycles. The normalized spacial score (nSPS) is 13.6. The lowest BCUT2D eigenvalue weighted by Crippen LogP contribution is -2.35. The van der Waals surface area contributed by atoms with Gasteiger partial charge < -0.3 is 24.4 Å². The van der Waals surface area contributed by atoms with Gasteiger partial charge in [-0.25, -0.2) is 9.48 Å². The summed E-state index contributed by atoms with van der Waals surface area (Å²) in [5.41, 5.74) is 2.40. The molecule has 1 aromatic heterocycles. The van der Waals surface area contributed by atoms with Crippen LogP contribution in [0.3, 0.4) is 0 Å². The van der Waals surface area contributed by atoms with Crippen molar-refractivity contribution in [1.29, 1.82) is 0 Å². The molecular formula is C29H36N4O5. The lowest BCUT2D eigenvalue weighted by Gasteiger charge is -2.25. The van der Waals surface area contributed by atoms with Crippen LogP contribution in [0.15, 0.2) is 54.6 Å². The average molecular weight is 521 g/mol. The fourth-order valence-corrected chi connectivity index (χ4v) is 4.23. The van der Waals surface area contributed by atoms with E-state index in [0.717, 1.165) is 55.0 Å². The van der Waals surface area contributed by atoms with E-state index in [4.69, 9.17) is 19.3 Å². The second-order valence-corrected chi connectivity index (χ2v) is 10.2. The number of hydrogen-bond acceptors (Lipinski definition) is 6. The zero-order valence-corrected chi connectivity index (χ0v) is 22.5. The van der Waals surface area contributed by atoms with Crippen molar-refractivity contribution in [2.24, 2.45) is 0 Å². The molecule has 9 nitrogen and oxygen atoms in total. The van der Waals surface area contributed by atoms with Crippen molar-refractivity contribution in [3.8, 4) is 28.4 Å². The molecule has 0 saturated carbocycles. The lowest BCUT2D eigenvalue weighted by atomic mass is 10.1. The molecule has 1 fully saturated rings. The Balaban J connectivity index is 1.49. The number of nitrogens with one attached hydrogen (secondary N) is 1. The number of carbonyl (C=O) groups is 2. The molecule has 4 rings (SSSR count). The van der Waals surface area contributed by atoms with Gasteiger partial charge in [0.15, 0.2) is 5.69 Å². The van der Waals surface area contributed by atoms with Crippen molar-refractivity contribution in [3.05, 3.63) is 60.3 Å². The zero-order chi connectivity index (χ0) is 27.1. The highest BCUT2D eigenvalue weighted by Crippen LogP contribution is 2.28. The highest BCUT2D eigenvalue weighted by atomic mass is 16.6. The van der Waals surface area contributed by atoms with Gasteiger partial charge in [-0.15, -0.1) is 0 Å². The fraction of sp³-hybridized carbons (Fsp3) is 0.414. The maximum absolute atomic E-state index is 13.2. The van der Waals surface area contributed by atoms with E-state index in [0.29, 0.717) is 24.6 Å². The number of benzene rings is 2. The maximum atomic E-state index is 13.2. The van der Waals surface area contributed by atoms with Gasteiger partial charge in [-0.3, -0.25) is 4.79 Å². The first-order valence-electron chi connectivity index (χ1n) is 13.0. The number of alkyl carbamates (subject to hydrolysis) is 1. The number of carbonyl (C=O) groups excluding carboxylic acids is 2. The van der Waals surface area contributed by atoms with E-state index in [9.17, 15) is 9.59 Å². The minimum atomic E-state index is -0.544. The predicted octanol–water partition coefficient (Wildman–Crippen LogP) is 5.08. The summed E-state index contributed by atoms with van der Waals surface area (Å²) in [5.74, 6) is 1.37. The first-order chi connectivity index (χ1) is 18.2. The Morgan fingerprint density at radius 1 is 0.947 bits per heavy atom. The topological polar surface area (TPSA) is 94.9 Å². The van der Waals surface area contributed by atoms with Gasteiger partial charge in [-0.1, -0.05) is 0 Å². The number of likely N-dealkylation sites (tertiary alicyclic amines) is 1. The van der Waals surface area contributed by atoms with E-state index < -0.39 is 11.7 Å². The summed E-state index contributed by atoms with van der Waals surface area (Å²) in [6.07, 6.45) is 2.72. The molecule has 2 heterocycles. The molecule has 202 valence electrons. The smallest absolute Gasteiger partial charge is 0.407 e. The Morgan fingerprint density at radius 3 is 2.24 bits per heavy atom. The molecule has 1 N–H and O–H groups in total. The molecule has 2 amide bonds. The highest BCUT2D eigenvalue weighted by Gasteiger charge is 2.23. The van der Waals surface area contributed by atoms with Crippen LogP contribution in [0, 0.1) is 0 Å². The van der Waals surface area contributed by atoms with E-state index in [2.05, 4.69) is 5.32 Å². The molecule has 3 aromatic rings. The van der Waals surface area contributed by atoms with Gasteiger partial charge in [-0.2, -0.15) is 5.10 Å². The van der Waals surface area contributed by atoms with Gasteiger partial charge in [0, 0.05) is 18.7 Å². The van der Waals surface area contributed by atoms with E-state index in [1.54, 1.807) is 11.8 Å². The molecular weight excluding hydrogens is 484 g/mol. The second kappa shape index (κ2) is 12.0. The lowest BCUT2D eigenvalue weighted by molar-refractivity contribution is 0.0520. The van der Waals surface area contributed by atoms with Crippen molar-refractivity contribution in [3.63, 3.8) is 0 Å². The Bertz CT molecular complexity index is 1220. The molecule has 38 heavy (non-hydrogen) atoms. The van der Waals surface area contributed by atoms with Crippen LogP contribution in [0.25, 0.3) is 16.9 Å². The first-order valence-corrected chi connectivity index (χ1v) is 13.0. The number of rotatable bonds is 8. The van der Waals surface area contributed by atoms with Crippen molar-refractivity contribution < 1.29 is 23.8 Å². The molecule has 1 aliphatic rings. The maximum Gasteiger partial charge on any atom is 0.407 e. The van der Waals surface area contributed by atoms with Gasteiger partial charge in [0.25, 0.3) is 5.91 Å². The van der Waals surface area contributed by atoms with Gasteiger partial charge in [0.2, 0.25) is 0 Å². The van der Waals surface area contributed by atoms with Gasteiger partial charge >= 0.3 is 6.09 Å². The average Bonchev–Trinajstić information content (AvgIpc) is 3.36. The summed E-state index contributed by atoms with van der Waals surface area (Å²) in [6, 6.07) is 17.0. The Labute approximate surface area is 223 Å². The molecule has 0 radical (unpaired) electrons. The molecule has 0 unspecified atom stereocenters. The van der Waals surface area contributed by atoms with E-state index >= 15 is 0 Å². The Hall–Kier alpha value is -4.01. The van der Waals surface area contributed by atoms with E-state index in [1.807, 2.05) is 80.3 Å². The zero-order valence-electron chi connectivity index (χ0n) is 22.5. The quantitative estimate of drug-likeness (QED) is 0.417. The number of ether oxygens (including phenoxy) is 3. The SMILES string of the molecule is COc1ccc(-n2nc(C(=O)N3CCCCC3)cc2-c2ccc(OCCNC(=O)OC(C)(C)C)cc2)cc1. The van der Waals surface area contributed by atoms with Crippen LogP contribution in [0.4, 0.5) is 4.79 Å². The fourth-order valence-electron chi connectivity index (χ4n) is 4.23. The van der Waals surface area contributed by atoms with Crippen molar-refractivity contribution in [1.82, 2.24) is 20.0 Å². The largest absolute Gasteiger partial charge is 0.497 e. The molecule has 9 heteroatoms. The minimum Gasteiger partial charge on any atom is -0.497 e. The summed E-state index contributed by atoms with van der Waals surface area (Å²) in [7, 11) is 1.63. The third kappa shape index (κ3) is 7.06. The summed E-state index contributed by atoms with van der Waals surface area (Å²) in [5, 5.41) is 7.39. The third-order valence-electron chi connectivity index (χ3n) is 6.08. The number of nitrogens with zero attached hydrogens (tertiary/aromatic N) is 3. The molecule has 1 saturated heterocycles. The van der Waals surface area contributed by atoms with Gasteiger partial charge in [0.1, 0.15) is 23.7 Å². The van der Waals surface area contributed by atoms with Crippen LogP contribution >= 0.6 is 0 Å². The van der Waals surface area contributed by atoms with E-state index in [1.165, 1.54) is 0 Å². The standard InChI is InChI=1S/C29H36N4O5/c1-29(2,3)38-28(35)30-16-19-37-24-12-8-21(9-13-24)26-20-25(27(34)32-17-6-5-7-18-32)31-33(26)22-10-14-23(36-4)15-11-22/h8-15,20H,5-7,16-19H2,1-4H3,(H,30,35). The van der Waals surface area contributed by atoms with Crippen molar-refractivity contribution in [2.45, 2.75) is 45.6 Å². The number of amides is 2. The third-order valence-corrected chi connectivity index (χ3v) is 6.08. The molecule has 0 spiro atoms. The number of piperidine rings is 1. The highest BCUT2D eigenvalue weighted by molar-refractivity contribution is 5.93. The number of methoxy groups -OCH3 is 1. The van der Waals surface area contributed by atoms with Crippen LogP contribution in [-0.4, -0.2) is 65.6 Å².